The van der Waals surface area contributed by atoms with Gasteiger partial charge in [0.25, 0.3) is 0 Å². The van der Waals surface area contributed by atoms with Gasteiger partial charge in [-0.25, -0.2) is 0 Å². The second kappa shape index (κ2) is 7.01. The zero-order valence-corrected chi connectivity index (χ0v) is 10.7. The van der Waals surface area contributed by atoms with Crippen LogP contribution in [0.25, 0.3) is 0 Å². The normalized spacial score (nSPS) is 12.6. The first kappa shape index (κ1) is 13.6. The van der Waals surface area contributed by atoms with Gasteiger partial charge in [-0.1, -0.05) is 6.92 Å². The summed E-state index contributed by atoms with van der Waals surface area (Å²) in [5.41, 5.74) is 6.76. The lowest BCUT2D eigenvalue weighted by Gasteiger charge is -2.26. The van der Waals surface area contributed by atoms with Crippen LogP contribution in [0.3, 0.4) is 0 Å². The molecule has 1 unspecified atom stereocenters. The van der Waals surface area contributed by atoms with Gasteiger partial charge in [-0.15, -0.1) is 0 Å². The second-order valence-corrected chi connectivity index (χ2v) is 4.38. The molecule has 0 spiro atoms. The second-order valence-electron chi connectivity index (χ2n) is 4.38. The number of nitrogens with zero attached hydrogens (tertiary/aromatic N) is 2. The number of likely N-dealkylation sites (N-methyl/N-ethyl adjacent to an activating group) is 1. The van der Waals surface area contributed by atoms with Crippen molar-refractivity contribution in [3.8, 4) is 0 Å². The summed E-state index contributed by atoms with van der Waals surface area (Å²) < 4.78 is 0. The fourth-order valence-electron chi connectivity index (χ4n) is 1.90. The summed E-state index contributed by atoms with van der Waals surface area (Å²) in [7, 11) is 2.10. The van der Waals surface area contributed by atoms with Crippen LogP contribution >= 0.6 is 0 Å². The Bertz CT molecular complexity index is 337. The molecular formula is C13H22N4. The summed E-state index contributed by atoms with van der Waals surface area (Å²) >= 11 is 0. The Balaban J connectivity index is 2.42. The third-order valence-electron chi connectivity index (χ3n) is 3.05. The lowest BCUT2D eigenvalue weighted by atomic mass is 10.1. The zero-order valence-electron chi connectivity index (χ0n) is 10.7. The quantitative estimate of drug-likeness (QED) is 0.557. The first-order valence-corrected chi connectivity index (χ1v) is 6.05. The molecule has 0 fully saturated rings. The van der Waals surface area contributed by atoms with Crippen LogP contribution in [0.15, 0.2) is 24.5 Å². The van der Waals surface area contributed by atoms with Crippen molar-refractivity contribution in [2.45, 2.75) is 32.2 Å². The van der Waals surface area contributed by atoms with E-state index in [9.17, 15) is 0 Å². The van der Waals surface area contributed by atoms with Gasteiger partial charge in [0.05, 0.1) is 5.84 Å². The Morgan fingerprint density at radius 2 is 2.12 bits per heavy atom. The van der Waals surface area contributed by atoms with Gasteiger partial charge >= 0.3 is 0 Å². The maximum Gasteiger partial charge on any atom is 0.0921 e. The maximum absolute atomic E-state index is 7.36. The summed E-state index contributed by atoms with van der Waals surface area (Å²) in [6.45, 7) is 3.12. The van der Waals surface area contributed by atoms with Crippen LogP contribution in [-0.2, 0) is 6.42 Å². The molecule has 0 saturated carbocycles. The minimum Gasteiger partial charge on any atom is -0.388 e. The SMILES string of the molecule is CCC(CC(=N)N)N(C)CCc1ccncc1. The van der Waals surface area contributed by atoms with Gasteiger partial charge in [0.1, 0.15) is 0 Å². The molecular weight excluding hydrogens is 212 g/mol. The van der Waals surface area contributed by atoms with Gasteiger partial charge in [0, 0.05) is 31.4 Å². The predicted molar refractivity (Wildman–Crippen MR) is 71.2 cm³/mol. The fraction of sp³-hybridized carbons (Fsp3) is 0.538. The molecule has 4 heteroatoms. The molecule has 1 aromatic rings. The van der Waals surface area contributed by atoms with Crippen molar-refractivity contribution in [2.24, 2.45) is 5.73 Å². The van der Waals surface area contributed by atoms with E-state index in [2.05, 4.69) is 23.9 Å². The molecule has 17 heavy (non-hydrogen) atoms. The number of amidine groups is 1. The third-order valence-corrected chi connectivity index (χ3v) is 3.05. The monoisotopic (exact) mass is 234 g/mol. The van der Waals surface area contributed by atoms with Crippen LogP contribution < -0.4 is 5.73 Å². The molecule has 0 aliphatic heterocycles. The highest BCUT2D eigenvalue weighted by Crippen LogP contribution is 2.08. The lowest BCUT2D eigenvalue weighted by molar-refractivity contribution is 0.243. The maximum atomic E-state index is 7.36. The molecule has 1 atom stereocenters. The van der Waals surface area contributed by atoms with Crippen molar-refractivity contribution in [3.63, 3.8) is 0 Å². The van der Waals surface area contributed by atoms with Crippen LogP contribution in [0.4, 0.5) is 0 Å². The summed E-state index contributed by atoms with van der Waals surface area (Å²) in [6.07, 6.45) is 6.33. The Hall–Kier alpha value is -1.42. The van der Waals surface area contributed by atoms with Gasteiger partial charge in [-0.3, -0.25) is 10.4 Å². The number of pyridine rings is 1. The zero-order chi connectivity index (χ0) is 12.7. The van der Waals surface area contributed by atoms with Crippen LogP contribution in [0.5, 0.6) is 0 Å². The molecule has 0 radical (unpaired) electrons. The van der Waals surface area contributed by atoms with E-state index in [0.29, 0.717) is 12.5 Å². The molecule has 0 aliphatic carbocycles. The molecule has 1 rings (SSSR count). The van der Waals surface area contributed by atoms with E-state index >= 15 is 0 Å². The Kier molecular flexibility index (Phi) is 5.63. The van der Waals surface area contributed by atoms with Crippen molar-refractivity contribution >= 4 is 5.84 Å². The highest BCUT2D eigenvalue weighted by molar-refractivity contribution is 5.77. The minimum atomic E-state index is 0.271. The van der Waals surface area contributed by atoms with Crippen LogP contribution in [0.2, 0.25) is 0 Å². The molecule has 0 bridgehead atoms. The highest BCUT2D eigenvalue weighted by atomic mass is 15.1. The van der Waals surface area contributed by atoms with Crippen molar-refractivity contribution in [3.05, 3.63) is 30.1 Å². The first-order valence-electron chi connectivity index (χ1n) is 6.05. The third kappa shape index (κ3) is 4.95. The summed E-state index contributed by atoms with van der Waals surface area (Å²) in [6, 6.07) is 4.45. The first-order chi connectivity index (χ1) is 8.13. The van der Waals surface area contributed by atoms with Crippen molar-refractivity contribution < 1.29 is 0 Å². The van der Waals surface area contributed by atoms with E-state index in [-0.39, 0.29) is 5.84 Å². The highest BCUT2D eigenvalue weighted by Gasteiger charge is 2.13. The van der Waals surface area contributed by atoms with Gasteiger partial charge in [0.15, 0.2) is 0 Å². The van der Waals surface area contributed by atoms with E-state index in [0.717, 1.165) is 19.4 Å². The number of nitrogens with two attached hydrogens (primary N) is 1. The minimum absolute atomic E-state index is 0.271. The largest absolute Gasteiger partial charge is 0.388 e. The Morgan fingerprint density at radius 1 is 1.47 bits per heavy atom. The van der Waals surface area contributed by atoms with E-state index < -0.39 is 0 Å². The molecule has 94 valence electrons. The van der Waals surface area contributed by atoms with Crippen LogP contribution in [0, 0.1) is 5.41 Å². The topological polar surface area (TPSA) is 66.0 Å². The van der Waals surface area contributed by atoms with Crippen LogP contribution in [-0.4, -0.2) is 35.4 Å². The van der Waals surface area contributed by atoms with E-state index in [4.69, 9.17) is 11.1 Å². The fourth-order valence-corrected chi connectivity index (χ4v) is 1.90. The number of nitrogens with one attached hydrogen (secondary N) is 1. The van der Waals surface area contributed by atoms with Crippen LogP contribution in [0.1, 0.15) is 25.3 Å². The number of rotatable bonds is 7. The summed E-state index contributed by atoms with van der Waals surface area (Å²) in [4.78, 5) is 6.28. The molecule has 3 N–H and O–H groups in total. The van der Waals surface area contributed by atoms with E-state index in [1.807, 2.05) is 24.5 Å². The molecule has 0 aliphatic rings. The molecule has 0 saturated heterocycles. The predicted octanol–water partition coefficient (Wildman–Crippen LogP) is 1.66. The Morgan fingerprint density at radius 3 is 2.65 bits per heavy atom. The van der Waals surface area contributed by atoms with E-state index in [1.54, 1.807) is 0 Å². The number of hydrogen-bond donors (Lipinski definition) is 2. The molecule has 4 nitrogen and oxygen atoms in total. The summed E-state index contributed by atoms with van der Waals surface area (Å²) in [5.74, 6) is 0.271. The van der Waals surface area contributed by atoms with Crippen molar-refractivity contribution in [1.29, 1.82) is 5.41 Å². The average molecular weight is 234 g/mol. The average Bonchev–Trinajstić information content (AvgIpc) is 2.34. The van der Waals surface area contributed by atoms with Crippen molar-refractivity contribution in [1.82, 2.24) is 9.88 Å². The smallest absolute Gasteiger partial charge is 0.0921 e. The molecule has 1 heterocycles. The Labute approximate surface area is 103 Å². The molecule has 0 amide bonds. The molecule has 0 aromatic carbocycles. The lowest BCUT2D eigenvalue weighted by Crippen LogP contribution is -2.36. The number of hydrogen-bond acceptors (Lipinski definition) is 3. The van der Waals surface area contributed by atoms with Gasteiger partial charge in [0.2, 0.25) is 0 Å². The van der Waals surface area contributed by atoms with Gasteiger partial charge in [-0.05, 0) is 37.6 Å². The van der Waals surface area contributed by atoms with E-state index in [1.165, 1.54) is 5.56 Å². The van der Waals surface area contributed by atoms with Gasteiger partial charge in [-0.2, -0.15) is 0 Å². The number of aromatic nitrogens is 1. The standard InChI is InChI=1S/C13H22N4/c1-3-12(10-13(14)15)17(2)9-6-11-4-7-16-8-5-11/h4-5,7-8,12H,3,6,9-10H2,1-2H3,(H3,14,15). The summed E-state index contributed by atoms with van der Waals surface area (Å²) in [5, 5.41) is 7.36. The van der Waals surface area contributed by atoms with Gasteiger partial charge < -0.3 is 10.6 Å². The molecule has 1 aromatic heterocycles. The van der Waals surface area contributed by atoms with Crippen molar-refractivity contribution in [2.75, 3.05) is 13.6 Å².